The van der Waals surface area contributed by atoms with Gasteiger partial charge in [-0.3, -0.25) is 4.79 Å². The van der Waals surface area contributed by atoms with E-state index in [2.05, 4.69) is 20.3 Å². The Morgan fingerprint density at radius 2 is 2.18 bits per heavy atom. The largest absolute Gasteiger partial charge is 0.573 e. The number of hydrogen-bond donors (Lipinski definition) is 1. The standard InChI is InChI=1S/C19H21F3N4O2/c20-19(21,22)28-15-4-1-3-14(9-15)18(7-2-8-18)11-23-17(27)13-5-6-16-25-24-12-26(16)10-13/h1,3-4,9,12-13H,2,5-8,10-11H2,(H,23,27). The number of carbonyl (C=O) groups excluding carboxylic acids is 1. The van der Waals surface area contributed by atoms with Gasteiger partial charge in [0.25, 0.3) is 0 Å². The molecule has 6 nitrogen and oxygen atoms in total. The Morgan fingerprint density at radius 1 is 1.36 bits per heavy atom. The number of carbonyl (C=O) groups is 1. The van der Waals surface area contributed by atoms with Crippen LogP contribution in [0.3, 0.4) is 0 Å². The van der Waals surface area contributed by atoms with Gasteiger partial charge in [0.1, 0.15) is 17.9 Å². The second kappa shape index (κ2) is 7.10. The minimum absolute atomic E-state index is 0.0340. The molecular weight excluding hydrogens is 373 g/mol. The van der Waals surface area contributed by atoms with Crippen LogP contribution in [0.5, 0.6) is 5.75 Å². The Labute approximate surface area is 160 Å². The number of amides is 1. The van der Waals surface area contributed by atoms with Gasteiger partial charge in [-0.2, -0.15) is 0 Å². The molecule has 0 saturated heterocycles. The second-order valence-corrected chi connectivity index (χ2v) is 7.56. The maximum Gasteiger partial charge on any atom is 0.573 e. The lowest BCUT2D eigenvalue weighted by Crippen LogP contribution is -2.47. The third kappa shape index (κ3) is 3.83. The van der Waals surface area contributed by atoms with Crippen molar-refractivity contribution in [1.82, 2.24) is 20.1 Å². The molecule has 1 fully saturated rings. The highest BCUT2D eigenvalue weighted by Gasteiger charge is 2.40. The fourth-order valence-electron chi connectivity index (χ4n) is 4.07. The number of aryl methyl sites for hydroxylation is 1. The van der Waals surface area contributed by atoms with Crippen LogP contribution >= 0.6 is 0 Å². The number of nitrogens with one attached hydrogen (secondary N) is 1. The lowest BCUT2D eigenvalue weighted by atomic mass is 9.64. The predicted octanol–water partition coefficient (Wildman–Crippen LogP) is 2.98. The maximum absolute atomic E-state index is 12.7. The maximum atomic E-state index is 12.7. The summed E-state index contributed by atoms with van der Waals surface area (Å²) >= 11 is 0. The first-order valence-corrected chi connectivity index (χ1v) is 9.35. The number of hydrogen-bond acceptors (Lipinski definition) is 4. The van der Waals surface area contributed by atoms with Gasteiger partial charge in [0.2, 0.25) is 5.91 Å². The molecule has 150 valence electrons. The molecule has 1 N–H and O–H groups in total. The van der Waals surface area contributed by atoms with E-state index in [-0.39, 0.29) is 23.0 Å². The molecule has 9 heteroatoms. The Hall–Kier alpha value is -2.58. The molecular formula is C19H21F3N4O2. The highest BCUT2D eigenvalue weighted by atomic mass is 19.4. The van der Waals surface area contributed by atoms with Crippen LogP contribution in [0.1, 0.15) is 37.1 Å². The van der Waals surface area contributed by atoms with Crippen molar-refractivity contribution in [2.45, 2.75) is 50.4 Å². The van der Waals surface area contributed by atoms with Gasteiger partial charge in [0.15, 0.2) is 0 Å². The molecule has 2 aromatic rings. The summed E-state index contributed by atoms with van der Waals surface area (Å²) in [4.78, 5) is 12.7. The van der Waals surface area contributed by atoms with E-state index in [0.29, 0.717) is 25.9 Å². The normalized spacial score (nSPS) is 20.8. The molecule has 1 atom stereocenters. The van der Waals surface area contributed by atoms with E-state index in [1.165, 1.54) is 12.1 Å². The first-order chi connectivity index (χ1) is 13.3. The number of nitrogens with zero attached hydrogens (tertiary/aromatic N) is 3. The molecule has 1 amide bonds. The van der Waals surface area contributed by atoms with Crippen LogP contribution in [0.15, 0.2) is 30.6 Å². The number of aromatic nitrogens is 3. The van der Waals surface area contributed by atoms with Crippen molar-refractivity contribution < 1.29 is 22.7 Å². The summed E-state index contributed by atoms with van der Waals surface area (Å²) in [6, 6.07) is 6.09. The molecule has 0 radical (unpaired) electrons. The zero-order valence-electron chi connectivity index (χ0n) is 15.2. The Kier molecular flexibility index (Phi) is 4.76. The highest BCUT2D eigenvalue weighted by molar-refractivity contribution is 5.78. The number of ether oxygens (including phenoxy) is 1. The summed E-state index contributed by atoms with van der Waals surface area (Å²) in [6.45, 7) is 0.961. The Bertz CT molecular complexity index is 861. The molecule has 1 aromatic heterocycles. The quantitative estimate of drug-likeness (QED) is 0.847. The number of alkyl halides is 3. The van der Waals surface area contributed by atoms with Crippen molar-refractivity contribution in [2.75, 3.05) is 6.54 Å². The van der Waals surface area contributed by atoms with Crippen molar-refractivity contribution in [3.63, 3.8) is 0 Å². The minimum atomic E-state index is -4.72. The van der Waals surface area contributed by atoms with Gasteiger partial charge in [0.05, 0.1) is 5.92 Å². The van der Waals surface area contributed by atoms with E-state index in [0.717, 1.165) is 30.7 Å². The zero-order chi connectivity index (χ0) is 19.8. The summed E-state index contributed by atoms with van der Waals surface area (Å²) in [6.07, 6.45) is 0.961. The summed E-state index contributed by atoms with van der Waals surface area (Å²) in [5.41, 5.74) is 0.433. The van der Waals surface area contributed by atoms with Crippen LogP contribution in [0.4, 0.5) is 13.2 Å². The SMILES string of the molecule is O=C(NCC1(c2cccc(OC(F)(F)F)c2)CCC1)C1CCc2nncn2C1. The molecule has 2 aliphatic rings. The summed E-state index contributed by atoms with van der Waals surface area (Å²) in [5, 5.41) is 10.9. The monoisotopic (exact) mass is 394 g/mol. The van der Waals surface area contributed by atoms with E-state index in [9.17, 15) is 18.0 Å². The lowest BCUT2D eigenvalue weighted by molar-refractivity contribution is -0.274. The molecule has 1 saturated carbocycles. The number of rotatable bonds is 5. The van der Waals surface area contributed by atoms with E-state index in [1.807, 2.05) is 4.57 Å². The molecule has 0 spiro atoms. The van der Waals surface area contributed by atoms with E-state index in [1.54, 1.807) is 18.5 Å². The smallest absolute Gasteiger partial charge is 0.406 e. The Balaban J connectivity index is 1.42. The van der Waals surface area contributed by atoms with Gasteiger partial charge in [-0.25, -0.2) is 0 Å². The average molecular weight is 394 g/mol. The predicted molar refractivity (Wildman–Crippen MR) is 93.5 cm³/mol. The molecule has 2 heterocycles. The summed E-state index contributed by atoms with van der Waals surface area (Å²) in [5.74, 6) is 0.477. The molecule has 4 rings (SSSR count). The molecule has 0 bridgehead atoms. The third-order valence-corrected chi connectivity index (χ3v) is 5.79. The zero-order valence-corrected chi connectivity index (χ0v) is 15.2. The van der Waals surface area contributed by atoms with Gasteiger partial charge in [-0.1, -0.05) is 18.6 Å². The van der Waals surface area contributed by atoms with Crippen LogP contribution in [0.25, 0.3) is 0 Å². The minimum Gasteiger partial charge on any atom is -0.406 e. The highest BCUT2D eigenvalue weighted by Crippen LogP contribution is 2.44. The van der Waals surface area contributed by atoms with Crippen molar-refractivity contribution in [3.05, 3.63) is 42.0 Å². The fourth-order valence-corrected chi connectivity index (χ4v) is 4.07. The van der Waals surface area contributed by atoms with Gasteiger partial charge in [0, 0.05) is 24.9 Å². The number of benzene rings is 1. The summed E-state index contributed by atoms with van der Waals surface area (Å²) in [7, 11) is 0. The molecule has 28 heavy (non-hydrogen) atoms. The van der Waals surface area contributed by atoms with Crippen LogP contribution in [0.2, 0.25) is 0 Å². The van der Waals surface area contributed by atoms with Crippen LogP contribution in [0, 0.1) is 5.92 Å². The molecule has 1 unspecified atom stereocenters. The van der Waals surface area contributed by atoms with Crippen molar-refractivity contribution in [3.8, 4) is 5.75 Å². The molecule has 1 aliphatic carbocycles. The topological polar surface area (TPSA) is 69.0 Å². The third-order valence-electron chi connectivity index (χ3n) is 5.79. The van der Waals surface area contributed by atoms with Crippen molar-refractivity contribution >= 4 is 5.91 Å². The molecule has 1 aliphatic heterocycles. The van der Waals surface area contributed by atoms with Crippen molar-refractivity contribution in [2.24, 2.45) is 5.92 Å². The van der Waals surface area contributed by atoms with E-state index < -0.39 is 6.36 Å². The number of halogens is 3. The van der Waals surface area contributed by atoms with Crippen LogP contribution in [-0.2, 0) is 23.2 Å². The van der Waals surface area contributed by atoms with Gasteiger partial charge in [-0.15, -0.1) is 23.4 Å². The van der Waals surface area contributed by atoms with E-state index >= 15 is 0 Å². The van der Waals surface area contributed by atoms with Gasteiger partial charge >= 0.3 is 6.36 Å². The fraction of sp³-hybridized carbons (Fsp3) is 0.526. The summed E-state index contributed by atoms with van der Waals surface area (Å²) < 4.78 is 43.5. The van der Waals surface area contributed by atoms with Gasteiger partial charge in [-0.05, 0) is 37.0 Å². The first-order valence-electron chi connectivity index (χ1n) is 9.35. The first kappa shape index (κ1) is 18.8. The lowest BCUT2D eigenvalue weighted by Gasteiger charge is -2.43. The number of fused-ring (bicyclic) bond motifs is 1. The second-order valence-electron chi connectivity index (χ2n) is 7.56. The van der Waals surface area contributed by atoms with Crippen molar-refractivity contribution in [1.29, 1.82) is 0 Å². The Morgan fingerprint density at radius 3 is 2.89 bits per heavy atom. The van der Waals surface area contributed by atoms with Crippen LogP contribution < -0.4 is 10.1 Å². The molecule has 1 aromatic carbocycles. The van der Waals surface area contributed by atoms with Gasteiger partial charge < -0.3 is 14.6 Å². The van der Waals surface area contributed by atoms with E-state index in [4.69, 9.17) is 0 Å². The van der Waals surface area contributed by atoms with Crippen LogP contribution in [-0.4, -0.2) is 33.6 Å². The average Bonchev–Trinajstić information content (AvgIpc) is 3.07.